The number of piperazine rings is 1. The lowest BCUT2D eigenvalue weighted by Crippen LogP contribution is -2.50. The van der Waals surface area contributed by atoms with Crippen LogP contribution in [0.25, 0.3) is 0 Å². The SMILES string of the molecule is Cc1cc([N+](=O)[O-])ccc1NC(=O)CN1CCN(C(=O)c2cc(Cl)ccc2F)CC1. The maximum atomic E-state index is 13.9. The molecule has 0 radical (unpaired) electrons. The van der Waals surface area contributed by atoms with E-state index in [4.69, 9.17) is 11.6 Å². The van der Waals surface area contributed by atoms with Gasteiger partial charge in [-0.1, -0.05) is 11.6 Å². The molecule has 1 saturated heterocycles. The standard InChI is InChI=1S/C20H20ClFN4O4/c1-13-10-15(26(29)30)3-5-18(13)23-19(27)12-24-6-8-25(9-7-24)20(28)16-11-14(21)2-4-17(16)22/h2-5,10-11H,6-9,12H2,1H3,(H,23,27). The average Bonchev–Trinajstić information content (AvgIpc) is 2.71. The van der Waals surface area contributed by atoms with Gasteiger partial charge in [0.15, 0.2) is 0 Å². The minimum Gasteiger partial charge on any atom is -0.336 e. The molecule has 1 aliphatic heterocycles. The normalized spacial score (nSPS) is 14.4. The van der Waals surface area contributed by atoms with Crippen LogP contribution in [0, 0.1) is 22.9 Å². The number of non-ortho nitro benzene ring substituents is 1. The summed E-state index contributed by atoms with van der Waals surface area (Å²) in [5.74, 6) is -1.31. The fourth-order valence-corrected chi connectivity index (χ4v) is 3.41. The van der Waals surface area contributed by atoms with Crippen molar-refractivity contribution >= 4 is 34.8 Å². The molecule has 158 valence electrons. The predicted molar refractivity (Wildman–Crippen MR) is 110 cm³/mol. The lowest BCUT2D eigenvalue weighted by molar-refractivity contribution is -0.384. The molecule has 30 heavy (non-hydrogen) atoms. The first-order valence-electron chi connectivity index (χ1n) is 9.26. The van der Waals surface area contributed by atoms with Gasteiger partial charge in [-0.2, -0.15) is 0 Å². The fraction of sp³-hybridized carbons (Fsp3) is 0.300. The van der Waals surface area contributed by atoms with Crippen LogP contribution in [0.3, 0.4) is 0 Å². The zero-order valence-electron chi connectivity index (χ0n) is 16.2. The second-order valence-corrected chi connectivity index (χ2v) is 7.43. The van der Waals surface area contributed by atoms with Crippen molar-refractivity contribution in [3.63, 3.8) is 0 Å². The van der Waals surface area contributed by atoms with Crippen molar-refractivity contribution in [1.82, 2.24) is 9.80 Å². The highest BCUT2D eigenvalue weighted by Crippen LogP contribution is 2.21. The summed E-state index contributed by atoms with van der Waals surface area (Å²) in [5.41, 5.74) is 0.997. The van der Waals surface area contributed by atoms with Gasteiger partial charge in [0.1, 0.15) is 5.82 Å². The van der Waals surface area contributed by atoms with Gasteiger partial charge >= 0.3 is 0 Å². The highest BCUT2D eigenvalue weighted by molar-refractivity contribution is 6.31. The number of amides is 2. The molecule has 2 aromatic carbocycles. The Bertz CT molecular complexity index is 993. The summed E-state index contributed by atoms with van der Waals surface area (Å²) in [6.07, 6.45) is 0. The molecule has 2 amide bonds. The van der Waals surface area contributed by atoms with Gasteiger partial charge in [0.25, 0.3) is 11.6 Å². The number of anilines is 1. The van der Waals surface area contributed by atoms with Crippen molar-refractivity contribution in [3.8, 4) is 0 Å². The number of carbonyl (C=O) groups excluding carboxylic acids is 2. The molecular weight excluding hydrogens is 415 g/mol. The van der Waals surface area contributed by atoms with Crippen LogP contribution in [0.4, 0.5) is 15.8 Å². The third-order valence-corrected chi connectivity index (χ3v) is 5.12. The number of aryl methyl sites for hydroxylation is 1. The van der Waals surface area contributed by atoms with Crippen LogP contribution in [0.2, 0.25) is 5.02 Å². The van der Waals surface area contributed by atoms with Gasteiger partial charge in [0, 0.05) is 49.0 Å². The predicted octanol–water partition coefficient (Wildman–Crippen LogP) is 3.09. The molecule has 1 heterocycles. The molecule has 1 N–H and O–H groups in total. The smallest absolute Gasteiger partial charge is 0.269 e. The number of benzene rings is 2. The van der Waals surface area contributed by atoms with E-state index in [0.29, 0.717) is 37.4 Å². The lowest BCUT2D eigenvalue weighted by Gasteiger charge is -2.34. The number of hydrogen-bond acceptors (Lipinski definition) is 5. The van der Waals surface area contributed by atoms with Crippen LogP contribution in [0.1, 0.15) is 15.9 Å². The zero-order valence-corrected chi connectivity index (χ0v) is 17.0. The Balaban J connectivity index is 1.53. The van der Waals surface area contributed by atoms with Gasteiger partial charge in [-0.15, -0.1) is 0 Å². The van der Waals surface area contributed by atoms with Crippen LogP contribution in [0.15, 0.2) is 36.4 Å². The van der Waals surface area contributed by atoms with Gasteiger partial charge in [-0.05, 0) is 36.8 Å². The topological polar surface area (TPSA) is 95.8 Å². The molecule has 3 rings (SSSR count). The van der Waals surface area contributed by atoms with Crippen LogP contribution >= 0.6 is 11.6 Å². The van der Waals surface area contributed by atoms with Crippen molar-refractivity contribution < 1.29 is 18.9 Å². The van der Waals surface area contributed by atoms with E-state index in [2.05, 4.69) is 5.32 Å². The monoisotopic (exact) mass is 434 g/mol. The van der Waals surface area contributed by atoms with Crippen LogP contribution < -0.4 is 5.32 Å². The van der Waals surface area contributed by atoms with E-state index in [-0.39, 0.29) is 28.7 Å². The summed E-state index contributed by atoms with van der Waals surface area (Å²) in [6, 6.07) is 8.09. The van der Waals surface area contributed by atoms with Gasteiger partial charge in [-0.25, -0.2) is 4.39 Å². The Morgan fingerprint density at radius 3 is 2.50 bits per heavy atom. The highest BCUT2D eigenvalue weighted by Gasteiger charge is 2.25. The summed E-state index contributed by atoms with van der Waals surface area (Å²) < 4.78 is 13.9. The van der Waals surface area contributed by atoms with E-state index < -0.39 is 16.6 Å². The van der Waals surface area contributed by atoms with Gasteiger partial charge < -0.3 is 10.2 Å². The molecule has 0 spiro atoms. The van der Waals surface area contributed by atoms with Crippen molar-refractivity contribution in [1.29, 1.82) is 0 Å². The molecule has 0 bridgehead atoms. The minimum absolute atomic E-state index is 0.0394. The molecule has 0 atom stereocenters. The summed E-state index contributed by atoms with van der Waals surface area (Å²) >= 11 is 5.86. The number of nitrogens with one attached hydrogen (secondary N) is 1. The third kappa shape index (κ3) is 5.11. The van der Waals surface area contributed by atoms with Crippen LogP contribution in [0.5, 0.6) is 0 Å². The largest absolute Gasteiger partial charge is 0.336 e. The Morgan fingerprint density at radius 1 is 1.17 bits per heavy atom. The molecule has 0 aliphatic carbocycles. The average molecular weight is 435 g/mol. The van der Waals surface area contributed by atoms with E-state index in [1.54, 1.807) is 6.92 Å². The first kappa shape index (κ1) is 21.7. The molecule has 10 heteroatoms. The number of hydrogen-bond donors (Lipinski definition) is 1. The molecular formula is C20H20ClFN4O4. The summed E-state index contributed by atoms with van der Waals surface area (Å²) in [7, 11) is 0. The van der Waals surface area contributed by atoms with Gasteiger partial charge in [0.2, 0.25) is 5.91 Å². The Labute approximate surface area is 177 Å². The maximum Gasteiger partial charge on any atom is 0.269 e. The Morgan fingerprint density at radius 2 is 1.87 bits per heavy atom. The van der Waals surface area contributed by atoms with Crippen molar-refractivity contribution in [3.05, 3.63) is 68.5 Å². The van der Waals surface area contributed by atoms with Crippen LogP contribution in [-0.2, 0) is 4.79 Å². The second kappa shape index (κ2) is 9.19. The highest BCUT2D eigenvalue weighted by atomic mass is 35.5. The first-order chi connectivity index (χ1) is 14.2. The number of halogens is 2. The molecule has 8 nitrogen and oxygen atoms in total. The van der Waals surface area contributed by atoms with Gasteiger partial charge in [0.05, 0.1) is 17.0 Å². The molecule has 0 saturated carbocycles. The fourth-order valence-electron chi connectivity index (χ4n) is 3.24. The van der Waals surface area contributed by atoms with E-state index in [0.717, 1.165) is 6.07 Å². The molecule has 0 unspecified atom stereocenters. The second-order valence-electron chi connectivity index (χ2n) is 7.00. The molecule has 2 aromatic rings. The minimum atomic E-state index is -0.621. The lowest BCUT2D eigenvalue weighted by atomic mass is 10.1. The van der Waals surface area contributed by atoms with Crippen LogP contribution in [-0.4, -0.2) is 59.3 Å². The summed E-state index contributed by atoms with van der Waals surface area (Å²) in [6.45, 7) is 3.43. The number of nitro groups is 1. The summed E-state index contributed by atoms with van der Waals surface area (Å²) in [5, 5.41) is 13.8. The van der Waals surface area contributed by atoms with E-state index in [1.807, 2.05) is 4.90 Å². The zero-order chi connectivity index (χ0) is 21.8. The molecule has 0 aromatic heterocycles. The molecule has 1 aliphatic rings. The molecule has 1 fully saturated rings. The number of nitro benzene ring substituents is 1. The van der Waals surface area contributed by atoms with E-state index in [1.165, 1.54) is 35.2 Å². The number of rotatable bonds is 5. The van der Waals surface area contributed by atoms with Gasteiger partial charge in [-0.3, -0.25) is 24.6 Å². The van der Waals surface area contributed by atoms with Crippen molar-refractivity contribution in [2.24, 2.45) is 0 Å². The number of nitrogens with zero attached hydrogens (tertiary/aromatic N) is 3. The third-order valence-electron chi connectivity index (χ3n) is 4.88. The maximum absolute atomic E-state index is 13.9. The van der Waals surface area contributed by atoms with E-state index >= 15 is 0 Å². The van der Waals surface area contributed by atoms with Crippen molar-refractivity contribution in [2.75, 3.05) is 38.0 Å². The van der Waals surface area contributed by atoms with E-state index in [9.17, 15) is 24.1 Å². The Kier molecular flexibility index (Phi) is 6.63. The number of carbonyl (C=O) groups is 2. The first-order valence-corrected chi connectivity index (χ1v) is 9.64. The summed E-state index contributed by atoms with van der Waals surface area (Å²) in [4.78, 5) is 38.6. The van der Waals surface area contributed by atoms with Crippen molar-refractivity contribution in [2.45, 2.75) is 6.92 Å². The quantitative estimate of drug-likeness (QED) is 0.576. The Hall–Kier alpha value is -3.04.